The lowest BCUT2D eigenvalue weighted by Crippen LogP contribution is -2.57. The summed E-state index contributed by atoms with van der Waals surface area (Å²) in [4.78, 5) is 11.2. The molecule has 5 heteroatoms. The number of carbonyl (C=O) groups is 1. The van der Waals surface area contributed by atoms with Gasteiger partial charge in [0.1, 0.15) is 18.3 Å². The average Bonchev–Trinajstić information content (AvgIpc) is 2.45. The van der Waals surface area contributed by atoms with Crippen LogP contribution in [0.1, 0.15) is 19.4 Å². The topological polar surface area (TPSA) is 65.0 Å². The minimum Gasteiger partial charge on any atom is -0.394 e. The van der Waals surface area contributed by atoms with Crippen LogP contribution in [0.15, 0.2) is 30.3 Å². The normalized spacial score (nSPS) is 29.1. The molecular formula is C15H20O5. The Balaban J connectivity index is 2.05. The summed E-state index contributed by atoms with van der Waals surface area (Å²) < 4.78 is 16.9. The maximum absolute atomic E-state index is 11.2. The summed E-state index contributed by atoms with van der Waals surface area (Å²) in [6.45, 7) is 3.52. The van der Waals surface area contributed by atoms with Crippen molar-refractivity contribution in [3.63, 3.8) is 0 Å². The number of aliphatic hydroxyl groups excluding tert-OH is 1. The van der Waals surface area contributed by atoms with E-state index in [0.29, 0.717) is 12.9 Å². The highest BCUT2D eigenvalue weighted by molar-refractivity contribution is 5.57. The van der Waals surface area contributed by atoms with Crippen molar-refractivity contribution in [3.05, 3.63) is 35.9 Å². The molecule has 20 heavy (non-hydrogen) atoms. The number of hydrogen-bond donors (Lipinski definition) is 1. The van der Waals surface area contributed by atoms with Gasteiger partial charge < -0.3 is 24.1 Å². The molecule has 0 radical (unpaired) electrons. The van der Waals surface area contributed by atoms with E-state index in [4.69, 9.17) is 14.2 Å². The van der Waals surface area contributed by atoms with Crippen molar-refractivity contribution in [1.82, 2.24) is 0 Å². The molecule has 5 nitrogen and oxygen atoms in total. The molecule has 1 aromatic carbocycles. The quantitative estimate of drug-likeness (QED) is 0.823. The van der Waals surface area contributed by atoms with E-state index in [1.165, 1.54) is 0 Å². The first-order valence-electron chi connectivity index (χ1n) is 6.63. The van der Waals surface area contributed by atoms with Crippen LogP contribution in [-0.2, 0) is 25.6 Å². The van der Waals surface area contributed by atoms with Crippen LogP contribution in [0.3, 0.4) is 0 Å². The van der Waals surface area contributed by atoms with Gasteiger partial charge in [-0.1, -0.05) is 30.3 Å². The van der Waals surface area contributed by atoms with Crippen molar-refractivity contribution >= 4 is 6.29 Å². The minimum absolute atomic E-state index is 0.226. The van der Waals surface area contributed by atoms with Crippen molar-refractivity contribution < 1.29 is 24.1 Å². The highest BCUT2D eigenvalue weighted by Crippen LogP contribution is 2.28. The van der Waals surface area contributed by atoms with Gasteiger partial charge in [0.25, 0.3) is 0 Å². The third-order valence-corrected chi connectivity index (χ3v) is 3.14. The van der Waals surface area contributed by atoms with Gasteiger partial charge in [-0.2, -0.15) is 0 Å². The highest BCUT2D eigenvalue weighted by Gasteiger charge is 2.43. The maximum atomic E-state index is 11.2. The molecule has 0 bridgehead atoms. The molecule has 0 aliphatic carbocycles. The molecule has 0 aromatic heterocycles. The number of rotatable bonds is 5. The molecule has 1 aliphatic rings. The molecule has 0 unspecified atom stereocenters. The van der Waals surface area contributed by atoms with Crippen molar-refractivity contribution in [2.24, 2.45) is 0 Å². The summed E-state index contributed by atoms with van der Waals surface area (Å²) in [5.41, 5.74) is 0.985. The third kappa shape index (κ3) is 3.64. The van der Waals surface area contributed by atoms with E-state index in [1.54, 1.807) is 13.8 Å². The van der Waals surface area contributed by atoms with Gasteiger partial charge >= 0.3 is 0 Å². The molecule has 1 aliphatic heterocycles. The third-order valence-electron chi connectivity index (χ3n) is 3.14. The molecule has 1 fully saturated rings. The van der Waals surface area contributed by atoms with E-state index in [-0.39, 0.29) is 6.61 Å². The van der Waals surface area contributed by atoms with E-state index in [2.05, 4.69) is 0 Å². The molecule has 110 valence electrons. The van der Waals surface area contributed by atoms with Crippen LogP contribution in [0, 0.1) is 0 Å². The number of ether oxygens (including phenoxy) is 3. The lowest BCUT2D eigenvalue weighted by molar-refractivity contribution is -0.333. The summed E-state index contributed by atoms with van der Waals surface area (Å²) in [5.74, 6) is -0.911. The largest absolute Gasteiger partial charge is 0.394 e. The van der Waals surface area contributed by atoms with Crippen LogP contribution in [0.5, 0.6) is 0 Å². The lowest BCUT2D eigenvalue weighted by Gasteiger charge is -2.43. The second kappa shape index (κ2) is 6.45. The Hall–Kier alpha value is -1.27. The first-order chi connectivity index (χ1) is 9.55. The standard InChI is InChI=1S/C15H20O5/c1-15(2)19-12(8-16)14(13(9-17)20-15)18-10-11-6-4-3-5-7-11/h3-8,12-14,17H,9-10H2,1-2H3/t12-,13-,14+/m1/s1. The Morgan fingerprint density at radius 3 is 2.60 bits per heavy atom. The molecule has 1 aromatic rings. The Morgan fingerprint density at radius 2 is 2.00 bits per heavy atom. The summed E-state index contributed by atoms with van der Waals surface area (Å²) >= 11 is 0. The first kappa shape index (κ1) is 15.1. The van der Waals surface area contributed by atoms with Crippen LogP contribution in [-0.4, -0.2) is 42.1 Å². The molecule has 2 rings (SSSR count). The zero-order valence-corrected chi connectivity index (χ0v) is 11.7. The maximum Gasteiger partial charge on any atom is 0.164 e. The van der Waals surface area contributed by atoms with Gasteiger partial charge in [0.2, 0.25) is 0 Å². The number of hydrogen-bond acceptors (Lipinski definition) is 5. The summed E-state index contributed by atoms with van der Waals surface area (Å²) in [6.07, 6.45) is -1.26. The molecule has 0 amide bonds. The highest BCUT2D eigenvalue weighted by atomic mass is 16.7. The fourth-order valence-electron chi connectivity index (χ4n) is 2.28. The van der Waals surface area contributed by atoms with E-state index in [1.807, 2.05) is 30.3 Å². The molecule has 0 saturated carbocycles. The smallest absolute Gasteiger partial charge is 0.164 e. The molecular weight excluding hydrogens is 260 g/mol. The average molecular weight is 280 g/mol. The SMILES string of the molecule is CC1(C)O[C@H](C=O)[C@H](OCc2ccccc2)[C@@H](CO)O1. The molecule has 1 heterocycles. The van der Waals surface area contributed by atoms with Crippen molar-refractivity contribution in [3.8, 4) is 0 Å². The van der Waals surface area contributed by atoms with Crippen molar-refractivity contribution in [2.45, 2.75) is 44.6 Å². The summed E-state index contributed by atoms with van der Waals surface area (Å²) in [5, 5.41) is 9.43. The fourth-order valence-corrected chi connectivity index (χ4v) is 2.28. The zero-order valence-electron chi connectivity index (χ0n) is 11.7. The monoisotopic (exact) mass is 280 g/mol. The van der Waals surface area contributed by atoms with E-state index >= 15 is 0 Å². The summed E-state index contributed by atoms with van der Waals surface area (Å²) in [7, 11) is 0. The number of aldehydes is 1. The molecule has 1 N–H and O–H groups in total. The Bertz CT molecular complexity index is 431. The number of carbonyl (C=O) groups excluding carboxylic acids is 1. The van der Waals surface area contributed by atoms with Crippen LogP contribution >= 0.6 is 0 Å². The van der Waals surface area contributed by atoms with Crippen LogP contribution in [0.25, 0.3) is 0 Å². The van der Waals surface area contributed by atoms with Crippen LogP contribution in [0.4, 0.5) is 0 Å². The van der Waals surface area contributed by atoms with E-state index in [9.17, 15) is 9.90 Å². The predicted molar refractivity (Wildman–Crippen MR) is 72.0 cm³/mol. The Labute approximate surface area is 118 Å². The molecule has 0 spiro atoms. The second-order valence-electron chi connectivity index (χ2n) is 5.22. The second-order valence-corrected chi connectivity index (χ2v) is 5.22. The summed E-state index contributed by atoms with van der Waals surface area (Å²) in [6, 6.07) is 9.60. The fraction of sp³-hybridized carbons (Fsp3) is 0.533. The van der Waals surface area contributed by atoms with Crippen molar-refractivity contribution in [2.75, 3.05) is 6.61 Å². The van der Waals surface area contributed by atoms with Gasteiger partial charge in [-0.3, -0.25) is 0 Å². The predicted octanol–water partition coefficient (Wildman–Crippen LogP) is 1.28. The number of aliphatic hydroxyl groups is 1. The van der Waals surface area contributed by atoms with Crippen LogP contribution < -0.4 is 0 Å². The first-order valence-corrected chi connectivity index (χ1v) is 6.63. The van der Waals surface area contributed by atoms with E-state index < -0.39 is 24.1 Å². The Morgan fingerprint density at radius 1 is 1.30 bits per heavy atom. The lowest BCUT2D eigenvalue weighted by atomic mass is 10.1. The molecule has 1 saturated heterocycles. The van der Waals surface area contributed by atoms with Crippen molar-refractivity contribution in [1.29, 1.82) is 0 Å². The molecule has 3 atom stereocenters. The number of benzene rings is 1. The van der Waals surface area contributed by atoms with Gasteiger partial charge in [-0.25, -0.2) is 0 Å². The van der Waals surface area contributed by atoms with Gasteiger partial charge in [0.05, 0.1) is 13.2 Å². The van der Waals surface area contributed by atoms with Gasteiger partial charge in [-0.15, -0.1) is 0 Å². The Kier molecular flexibility index (Phi) is 4.88. The van der Waals surface area contributed by atoms with Gasteiger partial charge in [-0.05, 0) is 19.4 Å². The van der Waals surface area contributed by atoms with Gasteiger partial charge in [0, 0.05) is 0 Å². The van der Waals surface area contributed by atoms with Crippen LogP contribution in [0.2, 0.25) is 0 Å². The zero-order chi connectivity index (χ0) is 14.6. The minimum atomic E-state index is -0.911. The van der Waals surface area contributed by atoms with Gasteiger partial charge in [0.15, 0.2) is 12.1 Å². The van der Waals surface area contributed by atoms with E-state index in [0.717, 1.165) is 5.56 Å².